The molecule has 0 N–H and O–H groups in total. The van der Waals surface area contributed by atoms with Gasteiger partial charge in [-0.05, 0) is 11.5 Å². The molecular formula is C5H5NOS. The summed E-state index contributed by atoms with van der Waals surface area (Å²) in [5, 5.41) is 1.73. The van der Waals surface area contributed by atoms with Crippen LogP contribution in [-0.2, 0) is 4.79 Å². The van der Waals surface area contributed by atoms with Crippen LogP contribution in [-0.4, -0.2) is 17.9 Å². The molecule has 1 rings (SSSR count). The van der Waals surface area contributed by atoms with Gasteiger partial charge in [-0.3, -0.25) is 9.79 Å². The van der Waals surface area contributed by atoms with Crippen LogP contribution in [0, 0.1) is 0 Å². The highest BCUT2D eigenvalue weighted by molar-refractivity contribution is 8.14. The third-order valence-corrected chi connectivity index (χ3v) is 1.28. The third kappa shape index (κ3) is 1.50. The molecule has 1 heterocycles. The second kappa shape index (κ2) is 2.67. The minimum atomic E-state index is 0.0752. The molecule has 0 aromatic heterocycles. The van der Waals surface area contributed by atoms with Gasteiger partial charge < -0.3 is 0 Å². The molecule has 0 amide bonds. The molecule has 0 radical (unpaired) electrons. The summed E-state index contributed by atoms with van der Waals surface area (Å²) in [5.41, 5.74) is 1.67. The van der Waals surface area contributed by atoms with E-state index in [2.05, 4.69) is 4.99 Å². The Morgan fingerprint density at radius 3 is 3.50 bits per heavy atom. The number of thioether (sulfide) groups is 1. The molecule has 0 saturated carbocycles. The predicted octanol–water partition coefficient (Wildman–Crippen LogP) is 0.844. The highest BCUT2D eigenvalue weighted by Crippen LogP contribution is 2.00. The Morgan fingerprint density at radius 1 is 1.75 bits per heavy atom. The lowest BCUT2D eigenvalue weighted by Crippen LogP contribution is -1.94. The second-order valence-corrected chi connectivity index (χ2v) is 2.11. The zero-order valence-corrected chi connectivity index (χ0v) is 5.02. The maximum absolute atomic E-state index is 10.5. The van der Waals surface area contributed by atoms with E-state index in [-0.39, 0.29) is 5.78 Å². The zero-order chi connectivity index (χ0) is 5.82. The van der Waals surface area contributed by atoms with Crippen molar-refractivity contribution < 1.29 is 4.79 Å². The zero-order valence-electron chi connectivity index (χ0n) is 4.20. The number of carbonyl (C=O) groups excluding carboxylic acids is 1. The fourth-order valence-electron chi connectivity index (χ4n) is 0.373. The largest absolute Gasteiger partial charge is 0.293 e. The van der Waals surface area contributed by atoms with Crippen LogP contribution < -0.4 is 0 Å². The van der Waals surface area contributed by atoms with Crippen molar-refractivity contribution in [2.45, 2.75) is 0 Å². The van der Waals surface area contributed by atoms with E-state index in [0.717, 1.165) is 0 Å². The van der Waals surface area contributed by atoms with Crippen molar-refractivity contribution >= 4 is 23.1 Å². The number of aliphatic imine (C=N–C) groups is 1. The van der Waals surface area contributed by atoms with Gasteiger partial charge in [0, 0.05) is 0 Å². The molecular weight excluding hydrogens is 122 g/mol. The van der Waals surface area contributed by atoms with E-state index in [1.807, 2.05) is 0 Å². The van der Waals surface area contributed by atoms with Crippen LogP contribution in [0.5, 0.6) is 0 Å². The molecule has 0 unspecified atom stereocenters. The Balaban J connectivity index is 2.61. The molecule has 8 heavy (non-hydrogen) atoms. The first-order chi connectivity index (χ1) is 3.89. The minimum absolute atomic E-state index is 0.0752. The molecule has 0 fully saturated rings. The van der Waals surface area contributed by atoms with Gasteiger partial charge in [-0.25, -0.2) is 0 Å². The minimum Gasteiger partial charge on any atom is -0.293 e. The van der Waals surface area contributed by atoms with Gasteiger partial charge in [0.1, 0.15) is 6.54 Å². The van der Waals surface area contributed by atoms with Crippen LogP contribution in [0.15, 0.2) is 16.5 Å². The van der Waals surface area contributed by atoms with E-state index in [0.29, 0.717) is 6.54 Å². The van der Waals surface area contributed by atoms with Gasteiger partial charge in [0.2, 0.25) is 0 Å². The molecule has 2 nitrogen and oxygen atoms in total. The number of hydrogen-bond acceptors (Lipinski definition) is 3. The number of ketones is 1. The first-order valence-electron chi connectivity index (χ1n) is 2.23. The molecule has 1 aliphatic heterocycles. The van der Waals surface area contributed by atoms with E-state index in [1.165, 1.54) is 17.8 Å². The fourth-order valence-corrected chi connectivity index (χ4v) is 0.835. The van der Waals surface area contributed by atoms with E-state index in [4.69, 9.17) is 0 Å². The van der Waals surface area contributed by atoms with Crippen LogP contribution in [0.3, 0.4) is 0 Å². The third-order valence-electron chi connectivity index (χ3n) is 0.715. The highest BCUT2D eigenvalue weighted by atomic mass is 32.2. The molecule has 0 aliphatic carbocycles. The van der Waals surface area contributed by atoms with Crippen molar-refractivity contribution in [3.63, 3.8) is 0 Å². The van der Waals surface area contributed by atoms with Gasteiger partial charge in [0.15, 0.2) is 5.78 Å². The molecule has 0 saturated heterocycles. The smallest absolute Gasteiger partial charge is 0.177 e. The number of hydrogen-bond donors (Lipinski definition) is 0. The summed E-state index contributed by atoms with van der Waals surface area (Å²) in [6, 6.07) is 0. The Kier molecular flexibility index (Phi) is 1.86. The van der Waals surface area contributed by atoms with Crippen LogP contribution in [0.4, 0.5) is 0 Å². The summed E-state index contributed by atoms with van der Waals surface area (Å²) >= 11 is 1.43. The molecule has 1 aliphatic rings. The van der Waals surface area contributed by atoms with Crippen LogP contribution in [0.1, 0.15) is 0 Å². The quantitative estimate of drug-likeness (QED) is 0.482. The van der Waals surface area contributed by atoms with E-state index in [1.54, 1.807) is 11.0 Å². The van der Waals surface area contributed by atoms with Crippen LogP contribution in [0.25, 0.3) is 0 Å². The van der Waals surface area contributed by atoms with Crippen LogP contribution >= 0.6 is 11.8 Å². The lowest BCUT2D eigenvalue weighted by molar-refractivity contribution is -0.113. The Hall–Kier alpha value is -0.570. The highest BCUT2D eigenvalue weighted by Gasteiger charge is 1.93. The molecule has 0 bridgehead atoms. The average molecular weight is 127 g/mol. The van der Waals surface area contributed by atoms with E-state index < -0.39 is 0 Å². The molecule has 0 aromatic rings. The van der Waals surface area contributed by atoms with Crippen molar-refractivity contribution in [1.29, 1.82) is 0 Å². The van der Waals surface area contributed by atoms with Crippen molar-refractivity contribution in [3.05, 3.63) is 11.5 Å². The Labute approximate surface area is 51.7 Å². The summed E-state index contributed by atoms with van der Waals surface area (Å²) in [6.07, 6.45) is 1.54. The lowest BCUT2D eigenvalue weighted by Gasteiger charge is -1.78. The topological polar surface area (TPSA) is 29.4 Å². The lowest BCUT2D eigenvalue weighted by atomic mass is 10.4. The number of nitrogens with zero attached hydrogens (tertiary/aromatic N) is 1. The summed E-state index contributed by atoms with van der Waals surface area (Å²) in [4.78, 5) is 14.2. The maximum atomic E-state index is 10.5. The SMILES string of the molecule is O=C1C=CSC=NC1. The Morgan fingerprint density at radius 2 is 2.62 bits per heavy atom. The summed E-state index contributed by atoms with van der Waals surface area (Å²) in [7, 11) is 0. The summed E-state index contributed by atoms with van der Waals surface area (Å²) in [5.74, 6) is 0.0752. The van der Waals surface area contributed by atoms with Gasteiger partial charge in [-0.15, -0.1) is 0 Å². The van der Waals surface area contributed by atoms with Crippen molar-refractivity contribution in [2.75, 3.05) is 6.54 Å². The van der Waals surface area contributed by atoms with Crippen LogP contribution in [0.2, 0.25) is 0 Å². The van der Waals surface area contributed by atoms with Gasteiger partial charge in [-0.1, -0.05) is 11.8 Å². The molecule has 0 atom stereocenters. The van der Waals surface area contributed by atoms with Crippen molar-refractivity contribution in [3.8, 4) is 0 Å². The normalized spacial score (nSPS) is 18.8. The fraction of sp³-hybridized carbons (Fsp3) is 0.200. The second-order valence-electron chi connectivity index (χ2n) is 1.35. The number of carbonyl (C=O) groups is 1. The van der Waals surface area contributed by atoms with E-state index >= 15 is 0 Å². The summed E-state index contributed by atoms with van der Waals surface area (Å²) in [6.45, 7) is 0.309. The van der Waals surface area contributed by atoms with Gasteiger partial charge in [0.05, 0.1) is 5.55 Å². The van der Waals surface area contributed by atoms with Gasteiger partial charge in [0.25, 0.3) is 0 Å². The van der Waals surface area contributed by atoms with Gasteiger partial charge >= 0.3 is 0 Å². The molecule has 0 spiro atoms. The first kappa shape index (κ1) is 5.56. The van der Waals surface area contributed by atoms with E-state index in [9.17, 15) is 4.79 Å². The Bertz CT molecular complexity index is 151. The average Bonchev–Trinajstić information content (AvgIpc) is 1.94. The molecule has 42 valence electrons. The first-order valence-corrected chi connectivity index (χ1v) is 3.17. The van der Waals surface area contributed by atoms with Crippen molar-refractivity contribution in [1.82, 2.24) is 0 Å². The summed E-state index contributed by atoms with van der Waals surface area (Å²) < 4.78 is 0. The maximum Gasteiger partial charge on any atom is 0.177 e. The van der Waals surface area contributed by atoms with Gasteiger partial charge in [-0.2, -0.15) is 0 Å². The predicted molar refractivity (Wildman–Crippen MR) is 35.1 cm³/mol. The number of rotatable bonds is 0. The monoisotopic (exact) mass is 127 g/mol. The standard InChI is InChI=1S/C5H5NOS/c7-5-1-2-8-4-6-3-5/h1-2,4H,3H2. The van der Waals surface area contributed by atoms with Crippen molar-refractivity contribution in [2.24, 2.45) is 4.99 Å². The molecule has 0 aromatic carbocycles. The molecule has 3 heteroatoms.